The van der Waals surface area contributed by atoms with Crippen molar-refractivity contribution in [1.29, 1.82) is 0 Å². The van der Waals surface area contributed by atoms with Crippen molar-refractivity contribution in [2.24, 2.45) is 11.8 Å². The molecule has 3 saturated heterocycles. The third kappa shape index (κ3) is 1.68. The predicted molar refractivity (Wildman–Crippen MR) is 108 cm³/mol. The summed E-state index contributed by atoms with van der Waals surface area (Å²) >= 11 is 0. The van der Waals surface area contributed by atoms with Gasteiger partial charge >= 0.3 is 0 Å². The van der Waals surface area contributed by atoms with Crippen LogP contribution in [0.25, 0.3) is 0 Å². The Kier molecular flexibility index (Phi) is 3.16. The Morgan fingerprint density at radius 3 is 2.83 bits per heavy atom. The van der Waals surface area contributed by atoms with Gasteiger partial charge in [0.1, 0.15) is 5.72 Å². The van der Waals surface area contributed by atoms with Crippen molar-refractivity contribution < 1.29 is 24.1 Å². The van der Waals surface area contributed by atoms with Crippen molar-refractivity contribution in [3.63, 3.8) is 0 Å². The summed E-state index contributed by atoms with van der Waals surface area (Å²) in [6.45, 7) is 2.17. The first kappa shape index (κ1) is 17.6. The molecule has 0 unspecified atom stereocenters. The van der Waals surface area contributed by atoms with Gasteiger partial charge in [0.15, 0.2) is 11.5 Å². The second-order valence-corrected chi connectivity index (χ2v) is 9.64. The minimum Gasteiger partial charge on any atom is -0.493 e. The van der Waals surface area contributed by atoms with Crippen LogP contribution in [-0.4, -0.2) is 67.7 Å². The number of piperidine rings is 2. The van der Waals surface area contributed by atoms with E-state index in [1.165, 1.54) is 5.57 Å². The Hall–Kier alpha value is -2.09. The predicted octanol–water partition coefficient (Wildman–Crippen LogP) is 1.43. The summed E-state index contributed by atoms with van der Waals surface area (Å²) in [6, 6.07) is 3.84. The topological polar surface area (TPSA) is 71.5 Å². The Labute approximate surface area is 175 Å². The molecule has 7 rings (SSSR count). The Bertz CT molecular complexity index is 1020. The normalized spacial score (nSPS) is 42.6. The van der Waals surface area contributed by atoms with Crippen molar-refractivity contribution in [2.75, 3.05) is 38.8 Å². The molecule has 7 nitrogen and oxygen atoms in total. The molecule has 5 aliphatic heterocycles. The highest BCUT2D eigenvalue weighted by Crippen LogP contribution is 2.69. The molecule has 158 valence electrons. The lowest BCUT2D eigenvalue weighted by Gasteiger charge is -2.62. The van der Waals surface area contributed by atoms with Crippen LogP contribution in [0.5, 0.6) is 11.5 Å². The lowest BCUT2D eigenvalue weighted by atomic mass is 9.52. The van der Waals surface area contributed by atoms with Gasteiger partial charge in [-0.15, -0.1) is 0 Å². The van der Waals surface area contributed by atoms with Crippen LogP contribution in [0.3, 0.4) is 0 Å². The molecule has 30 heavy (non-hydrogen) atoms. The van der Waals surface area contributed by atoms with E-state index in [1.807, 2.05) is 17.0 Å². The van der Waals surface area contributed by atoms with Crippen LogP contribution in [0, 0.1) is 11.8 Å². The largest absolute Gasteiger partial charge is 0.493 e. The minimum absolute atomic E-state index is 0.0806. The maximum atomic E-state index is 13.5. The smallest absolute Gasteiger partial charge is 0.229 e. The second kappa shape index (κ2) is 5.39. The van der Waals surface area contributed by atoms with Gasteiger partial charge in [-0.1, -0.05) is 11.6 Å². The van der Waals surface area contributed by atoms with E-state index in [9.17, 15) is 9.90 Å². The summed E-state index contributed by atoms with van der Waals surface area (Å²) in [6.07, 6.45) is 4.03. The number of nitrogens with zero attached hydrogens (tertiary/aromatic N) is 2. The third-order valence-corrected chi connectivity index (χ3v) is 8.95. The highest BCUT2D eigenvalue weighted by atomic mass is 16.5. The lowest BCUT2D eigenvalue weighted by molar-refractivity contribution is -0.197. The van der Waals surface area contributed by atoms with E-state index in [1.54, 1.807) is 14.2 Å². The van der Waals surface area contributed by atoms with E-state index in [0.29, 0.717) is 30.9 Å². The van der Waals surface area contributed by atoms with Crippen LogP contribution < -0.4 is 14.4 Å². The lowest BCUT2D eigenvalue weighted by Crippen LogP contribution is -2.74. The molecule has 6 atom stereocenters. The average Bonchev–Trinajstić information content (AvgIpc) is 3.15. The van der Waals surface area contributed by atoms with E-state index in [-0.39, 0.29) is 29.9 Å². The van der Waals surface area contributed by atoms with Gasteiger partial charge in [-0.3, -0.25) is 9.69 Å². The summed E-state index contributed by atoms with van der Waals surface area (Å²) in [5, 5.41) is 12.3. The highest BCUT2D eigenvalue weighted by molar-refractivity contribution is 6.00. The van der Waals surface area contributed by atoms with Crippen molar-refractivity contribution in [3.8, 4) is 11.5 Å². The van der Waals surface area contributed by atoms with Crippen LogP contribution in [0.4, 0.5) is 5.69 Å². The molecular weight excluding hydrogens is 384 g/mol. The number of benzene rings is 1. The highest BCUT2D eigenvalue weighted by Gasteiger charge is 2.77. The maximum Gasteiger partial charge on any atom is 0.229 e. The number of hydrogen-bond donors (Lipinski definition) is 1. The number of amides is 1. The van der Waals surface area contributed by atoms with Crippen molar-refractivity contribution in [2.45, 2.75) is 42.5 Å². The molecule has 0 radical (unpaired) electrons. The first-order valence-electron chi connectivity index (χ1n) is 10.9. The Morgan fingerprint density at radius 2 is 2.03 bits per heavy atom. The first-order valence-corrected chi connectivity index (χ1v) is 10.9. The maximum absolute atomic E-state index is 13.5. The summed E-state index contributed by atoms with van der Waals surface area (Å²) in [5.41, 5.74) is 1.78. The molecule has 2 bridgehead atoms. The fraction of sp³-hybridized carbons (Fsp3) is 0.609. The monoisotopic (exact) mass is 410 g/mol. The second-order valence-electron chi connectivity index (χ2n) is 9.64. The number of anilines is 1. The minimum atomic E-state index is -0.966. The number of ether oxygens (including phenoxy) is 3. The number of rotatable bonds is 2. The van der Waals surface area contributed by atoms with E-state index in [2.05, 4.69) is 11.0 Å². The van der Waals surface area contributed by atoms with Gasteiger partial charge in [-0.05, 0) is 30.4 Å². The van der Waals surface area contributed by atoms with Crippen molar-refractivity contribution >= 4 is 11.6 Å². The van der Waals surface area contributed by atoms with Gasteiger partial charge in [0.05, 0.1) is 50.5 Å². The van der Waals surface area contributed by atoms with Crippen LogP contribution in [0.15, 0.2) is 23.8 Å². The summed E-state index contributed by atoms with van der Waals surface area (Å²) in [7, 11) is 3.25. The fourth-order valence-corrected chi connectivity index (χ4v) is 7.89. The molecule has 1 aromatic rings. The number of carbonyl (C=O) groups excluding carboxylic acids is 1. The fourth-order valence-electron chi connectivity index (χ4n) is 7.89. The Balaban J connectivity index is 1.55. The number of methoxy groups -OCH3 is 2. The molecule has 1 spiro atoms. The zero-order valence-corrected chi connectivity index (χ0v) is 17.3. The van der Waals surface area contributed by atoms with Gasteiger partial charge in [0.25, 0.3) is 0 Å². The number of carbonyl (C=O) groups is 1. The van der Waals surface area contributed by atoms with Gasteiger partial charge in [0, 0.05) is 25.1 Å². The molecule has 4 fully saturated rings. The molecule has 1 saturated carbocycles. The van der Waals surface area contributed by atoms with E-state index < -0.39 is 11.1 Å². The van der Waals surface area contributed by atoms with E-state index in [0.717, 1.165) is 30.8 Å². The number of hydrogen-bond acceptors (Lipinski definition) is 6. The molecule has 7 heteroatoms. The molecule has 1 amide bonds. The zero-order chi connectivity index (χ0) is 20.4. The quantitative estimate of drug-likeness (QED) is 0.744. The molecule has 5 heterocycles. The van der Waals surface area contributed by atoms with Crippen molar-refractivity contribution in [3.05, 3.63) is 29.3 Å². The summed E-state index contributed by atoms with van der Waals surface area (Å²) in [5.74, 6) is 1.79. The van der Waals surface area contributed by atoms with Crippen LogP contribution in [0.2, 0.25) is 0 Å². The molecule has 1 aromatic carbocycles. The SMILES string of the molecule is COc1cc2c(cc1OC)[C@]13CCN4CC5=CCO[C@@H]6CC(=O)N2[C@@H]1[C@@H]6[C@H]5C[C@]43O. The standard InChI is InChI=1S/C23H26N2O5/c1-28-16-7-14-15(8-17(16)29-2)25-19(26)9-18-20-13-10-23(27)22(14,21(20)25)4-5-24(23)11-12(13)3-6-30-18/h3,7-8,13,18,20-21,27H,4-6,9-11H2,1-2H3/t13-,18+,20+,21+,22+,23+/m0/s1. The molecular formula is C23H26N2O5. The molecule has 1 aliphatic carbocycles. The van der Waals surface area contributed by atoms with Crippen molar-refractivity contribution in [1.82, 2.24) is 4.90 Å². The summed E-state index contributed by atoms with van der Waals surface area (Å²) in [4.78, 5) is 17.7. The van der Waals surface area contributed by atoms with Crippen LogP contribution in [-0.2, 0) is 14.9 Å². The molecule has 1 N–H and O–H groups in total. The summed E-state index contributed by atoms with van der Waals surface area (Å²) < 4.78 is 17.4. The number of aliphatic hydroxyl groups is 1. The Morgan fingerprint density at radius 1 is 1.23 bits per heavy atom. The van der Waals surface area contributed by atoms with Crippen LogP contribution in [0.1, 0.15) is 24.8 Å². The number of fused-ring (bicyclic) bond motifs is 2. The first-order chi connectivity index (χ1) is 14.5. The van der Waals surface area contributed by atoms with Crippen LogP contribution >= 0.6 is 0 Å². The van der Waals surface area contributed by atoms with Gasteiger partial charge in [-0.25, -0.2) is 0 Å². The zero-order valence-electron chi connectivity index (χ0n) is 17.3. The molecule has 0 aromatic heterocycles. The van der Waals surface area contributed by atoms with E-state index >= 15 is 0 Å². The van der Waals surface area contributed by atoms with E-state index in [4.69, 9.17) is 14.2 Å². The average molecular weight is 410 g/mol. The van der Waals surface area contributed by atoms with Gasteiger partial charge in [-0.2, -0.15) is 0 Å². The van der Waals surface area contributed by atoms with Gasteiger partial charge in [0.2, 0.25) is 5.91 Å². The van der Waals surface area contributed by atoms with Gasteiger partial charge < -0.3 is 24.2 Å². The molecule has 6 aliphatic rings. The third-order valence-electron chi connectivity index (χ3n) is 8.95.